The first-order chi connectivity index (χ1) is 7.35. The molecule has 0 unspecified atom stereocenters. The van der Waals surface area contributed by atoms with Crippen molar-refractivity contribution in [2.24, 2.45) is 0 Å². The fourth-order valence-electron chi connectivity index (χ4n) is 1.19. The molecule has 0 spiro atoms. The van der Waals surface area contributed by atoms with E-state index in [1.807, 2.05) is 12.1 Å². The molecule has 0 amide bonds. The van der Waals surface area contributed by atoms with Crippen LogP contribution in [-0.2, 0) is 6.54 Å². The van der Waals surface area contributed by atoms with E-state index in [1.165, 1.54) is 17.7 Å². The summed E-state index contributed by atoms with van der Waals surface area (Å²) in [5, 5.41) is 17.6. The first-order valence-electron chi connectivity index (χ1n) is 4.08. The number of aromatic nitrogens is 3. The number of hydrogen-bond acceptors (Lipinski definition) is 5. The average Bonchev–Trinajstić information content (AvgIpc) is 2.87. The van der Waals surface area contributed by atoms with Crippen molar-refractivity contribution in [2.75, 3.05) is 0 Å². The van der Waals surface area contributed by atoms with Crippen LogP contribution in [0.25, 0.3) is 0 Å². The fraction of sp³-hybridized carbons (Fsp3) is 0.111. The smallest absolute Gasteiger partial charge is 0.176 e. The molecule has 0 aliphatic carbocycles. The molecule has 0 aromatic carbocycles. The molecule has 0 fully saturated rings. The van der Waals surface area contributed by atoms with Crippen LogP contribution in [0.4, 0.5) is 0 Å². The molecule has 0 radical (unpaired) electrons. The van der Waals surface area contributed by atoms with E-state index in [4.69, 9.17) is 10.5 Å². The molecule has 6 heteroatoms. The van der Waals surface area contributed by atoms with Gasteiger partial charge >= 0.3 is 0 Å². The van der Waals surface area contributed by atoms with Crippen molar-refractivity contribution in [2.45, 2.75) is 6.54 Å². The Morgan fingerprint density at radius 3 is 2.87 bits per heavy atom. The van der Waals surface area contributed by atoms with Crippen molar-refractivity contribution in [3.63, 3.8) is 0 Å². The highest BCUT2D eigenvalue weighted by molar-refractivity contribution is 7.09. The van der Waals surface area contributed by atoms with Crippen LogP contribution in [0.5, 0.6) is 0 Å². The Labute approximate surface area is 89.9 Å². The van der Waals surface area contributed by atoms with E-state index in [0.717, 1.165) is 4.88 Å². The number of nitriles is 2. The van der Waals surface area contributed by atoms with Gasteiger partial charge in [0.15, 0.2) is 11.4 Å². The SMILES string of the molecule is N#Cc1ncn(Cc2cncs2)c1C#N. The summed E-state index contributed by atoms with van der Waals surface area (Å²) >= 11 is 1.50. The van der Waals surface area contributed by atoms with E-state index < -0.39 is 0 Å². The zero-order valence-electron chi connectivity index (χ0n) is 7.58. The van der Waals surface area contributed by atoms with Crippen LogP contribution in [-0.4, -0.2) is 14.5 Å². The molecule has 0 N–H and O–H groups in total. The third-order valence-electron chi connectivity index (χ3n) is 1.86. The standard InChI is InChI=1S/C9H5N5S/c10-1-8-9(2-11)14(5-13-8)4-7-3-12-6-15-7/h3,5-6H,4H2. The minimum atomic E-state index is 0.169. The maximum atomic E-state index is 8.87. The molecule has 2 rings (SSSR count). The van der Waals surface area contributed by atoms with Crippen molar-refractivity contribution in [3.8, 4) is 12.1 Å². The van der Waals surface area contributed by atoms with Gasteiger partial charge in [0.2, 0.25) is 0 Å². The second-order valence-electron chi connectivity index (χ2n) is 2.76. The van der Waals surface area contributed by atoms with E-state index in [9.17, 15) is 0 Å². The fourth-order valence-corrected chi connectivity index (χ4v) is 1.78. The van der Waals surface area contributed by atoms with Gasteiger partial charge in [0.05, 0.1) is 18.4 Å². The van der Waals surface area contributed by atoms with Crippen LogP contribution in [0.2, 0.25) is 0 Å². The Kier molecular flexibility index (Phi) is 2.44. The summed E-state index contributed by atoms with van der Waals surface area (Å²) in [6.07, 6.45) is 3.23. The Morgan fingerprint density at radius 2 is 2.27 bits per heavy atom. The van der Waals surface area contributed by atoms with E-state index in [-0.39, 0.29) is 5.69 Å². The third kappa shape index (κ3) is 1.71. The monoisotopic (exact) mass is 215 g/mol. The highest BCUT2D eigenvalue weighted by Crippen LogP contribution is 2.11. The van der Waals surface area contributed by atoms with Crippen LogP contribution in [0.1, 0.15) is 16.3 Å². The lowest BCUT2D eigenvalue weighted by atomic mass is 10.3. The number of hydrogen-bond donors (Lipinski definition) is 0. The lowest BCUT2D eigenvalue weighted by Gasteiger charge is -1.99. The van der Waals surface area contributed by atoms with Crippen LogP contribution >= 0.6 is 11.3 Å². The van der Waals surface area contributed by atoms with Crippen molar-refractivity contribution < 1.29 is 0 Å². The molecule has 0 saturated heterocycles. The van der Waals surface area contributed by atoms with Gasteiger partial charge in [-0.2, -0.15) is 10.5 Å². The van der Waals surface area contributed by atoms with Crippen molar-refractivity contribution in [1.82, 2.24) is 14.5 Å². The van der Waals surface area contributed by atoms with Gasteiger partial charge in [-0.25, -0.2) is 4.98 Å². The van der Waals surface area contributed by atoms with Gasteiger partial charge in [-0.1, -0.05) is 0 Å². The minimum absolute atomic E-state index is 0.169. The van der Waals surface area contributed by atoms with Crippen LogP contribution in [0.15, 0.2) is 18.0 Å². The van der Waals surface area contributed by atoms with Gasteiger partial charge in [0.25, 0.3) is 0 Å². The summed E-state index contributed by atoms with van der Waals surface area (Å²) in [5.74, 6) is 0. The number of imidazole rings is 1. The summed E-state index contributed by atoms with van der Waals surface area (Å²) in [5.41, 5.74) is 2.19. The summed E-state index contributed by atoms with van der Waals surface area (Å²) in [6.45, 7) is 0.530. The molecular weight excluding hydrogens is 210 g/mol. The van der Waals surface area contributed by atoms with Crippen LogP contribution < -0.4 is 0 Å². The third-order valence-corrected chi connectivity index (χ3v) is 2.62. The molecule has 5 nitrogen and oxygen atoms in total. The largest absolute Gasteiger partial charge is 0.316 e. The summed E-state index contributed by atoms with van der Waals surface area (Å²) in [6, 6.07) is 3.85. The number of nitrogens with zero attached hydrogens (tertiary/aromatic N) is 5. The van der Waals surface area contributed by atoms with Crippen molar-refractivity contribution in [3.05, 3.63) is 34.3 Å². The zero-order valence-corrected chi connectivity index (χ0v) is 8.40. The van der Waals surface area contributed by atoms with E-state index in [0.29, 0.717) is 12.2 Å². The molecule has 72 valence electrons. The molecule has 0 saturated carbocycles. The molecular formula is C9H5N5S. The Morgan fingerprint density at radius 1 is 1.40 bits per heavy atom. The number of rotatable bonds is 2. The van der Waals surface area contributed by atoms with Gasteiger partial charge in [-0.15, -0.1) is 11.3 Å². The highest BCUT2D eigenvalue weighted by atomic mass is 32.1. The second-order valence-corrected chi connectivity index (χ2v) is 3.73. The summed E-state index contributed by atoms with van der Waals surface area (Å²) in [7, 11) is 0. The first-order valence-corrected chi connectivity index (χ1v) is 4.96. The molecule has 0 aliphatic rings. The normalized spacial score (nSPS) is 9.47. The lowest BCUT2D eigenvalue weighted by Crippen LogP contribution is -1.99. The van der Waals surface area contributed by atoms with Crippen molar-refractivity contribution in [1.29, 1.82) is 10.5 Å². The van der Waals surface area contributed by atoms with Gasteiger partial charge < -0.3 is 4.57 Å². The summed E-state index contributed by atoms with van der Waals surface area (Å²) in [4.78, 5) is 8.81. The first kappa shape index (κ1) is 9.38. The van der Waals surface area contributed by atoms with Gasteiger partial charge in [0.1, 0.15) is 12.1 Å². The maximum absolute atomic E-state index is 8.87. The number of thiazole rings is 1. The molecule has 2 heterocycles. The molecule has 2 aromatic rings. The van der Waals surface area contributed by atoms with E-state index >= 15 is 0 Å². The van der Waals surface area contributed by atoms with Gasteiger partial charge in [-0.3, -0.25) is 4.98 Å². The second kappa shape index (κ2) is 3.91. The zero-order chi connectivity index (χ0) is 10.7. The Bertz CT molecular complexity index is 540. The quantitative estimate of drug-likeness (QED) is 0.752. The van der Waals surface area contributed by atoms with E-state index in [2.05, 4.69) is 9.97 Å². The summed E-state index contributed by atoms with van der Waals surface area (Å²) < 4.78 is 1.64. The van der Waals surface area contributed by atoms with Crippen molar-refractivity contribution >= 4 is 11.3 Å². The molecule has 0 bridgehead atoms. The minimum Gasteiger partial charge on any atom is -0.316 e. The van der Waals surface area contributed by atoms with E-state index in [1.54, 1.807) is 16.3 Å². The van der Waals surface area contributed by atoms with Gasteiger partial charge in [0, 0.05) is 11.1 Å². The Balaban J connectivity index is 2.35. The average molecular weight is 215 g/mol. The molecule has 15 heavy (non-hydrogen) atoms. The maximum Gasteiger partial charge on any atom is 0.176 e. The Hall–Kier alpha value is -2.18. The highest BCUT2D eigenvalue weighted by Gasteiger charge is 2.10. The van der Waals surface area contributed by atoms with Crippen LogP contribution in [0, 0.1) is 22.7 Å². The predicted molar refractivity (Wildman–Crippen MR) is 52.9 cm³/mol. The lowest BCUT2D eigenvalue weighted by molar-refractivity contribution is 0.795. The predicted octanol–water partition coefficient (Wildman–Crippen LogP) is 1.13. The van der Waals surface area contributed by atoms with Crippen LogP contribution in [0.3, 0.4) is 0 Å². The van der Waals surface area contributed by atoms with Gasteiger partial charge in [-0.05, 0) is 0 Å². The topological polar surface area (TPSA) is 78.3 Å². The molecule has 2 aromatic heterocycles. The molecule has 0 atom stereocenters. The molecule has 0 aliphatic heterocycles.